The van der Waals surface area contributed by atoms with Crippen LogP contribution in [-0.4, -0.2) is 15.6 Å². The Kier molecular flexibility index (Phi) is 4.98. The van der Waals surface area contributed by atoms with Crippen LogP contribution < -0.4 is 11.0 Å². The molecule has 4 aromatic rings. The Morgan fingerprint density at radius 1 is 0.926 bits per heavy atom. The number of para-hydroxylation sites is 1. The minimum absolute atomic E-state index is 0.155. The summed E-state index contributed by atoms with van der Waals surface area (Å²) in [5.74, 6) is 0. The molecule has 2 heterocycles. The van der Waals surface area contributed by atoms with Crippen LogP contribution in [0.25, 0.3) is 5.65 Å². The molecule has 0 atom stereocenters. The van der Waals surface area contributed by atoms with E-state index in [1.165, 1.54) is 22.4 Å². The zero-order valence-electron chi connectivity index (χ0n) is 14.3. The third-order valence-electron chi connectivity index (χ3n) is 3.85. The second kappa shape index (κ2) is 7.88. The van der Waals surface area contributed by atoms with Crippen LogP contribution in [0, 0.1) is 0 Å². The molecule has 0 aliphatic rings. The second-order valence-electron chi connectivity index (χ2n) is 5.72. The van der Waals surface area contributed by atoms with Gasteiger partial charge in [-0.15, -0.1) is 0 Å². The van der Waals surface area contributed by atoms with Gasteiger partial charge in [0.25, 0.3) is 5.56 Å². The smallest absolute Gasteiger partial charge is 0.267 e. The van der Waals surface area contributed by atoms with Crippen molar-refractivity contribution < 1.29 is 0 Å². The molecule has 132 valence electrons. The number of anilines is 1. The summed E-state index contributed by atoms with van der Waals surface area (Å²) in [6, 6.07) is 24.9. The molecule has 0 saturated carbocycles. The van der Waals surface area contributed by atoms with Crippen molar-refractivity contribution in [2.75, 3.05) is 5.43 Å². The van der Waals surface area contributed by atoms with E-state index in [0.717, 1.165) is 10.6 Å². The molecule has 0 amide bonds. The molecule has 0 aliphatic carbocycles. The first-order valence-corrected chi connectivity index (χ1v) is 9.21. The van der Waals surface area contributed by atoms with E-state index in [1.54, 1.807) is 6.20 Å². The maximum Gasteiger partial charge on any atom is 0.267 e. The van der Waals surface area contributed by atoms with Gasteiger partial charge in [0.15, 0.2) is 0 Å². The molecule has 27 heavy (non-hydrogen) atoms. The lowest BCUT2D eigenvalue weighted by molar-refractivity contribution is 0.977. The highest BCUT2D eigenvalue weighted by molar-refractivity contribution is 7.99. The van der Waals surface area contributed by atoms with E-state index >= 15 is 0 Å². The van der Waals surface area contributed by atoms with Crippen molar-refractivity contribution in [2.45, 2.75) is 9.92 Å². The van der Waals surface area contributed by atoms with E-state index in [2.05, 4.69) is 15.5 Å². The van der Waals surface area contributed by atoms with Gasteiger partial charge >= 0.3 is 0 Å². The normalized spacial score (nSPS) is 11.1. The highest BCUT2D eigenvalue weighted by Crippen LogP contribution is 2.27. The van der Waals surface area contributed by atoms with Crippen LogP contribution in [0.5, 0.6) is 0 Å². The summed E-state index contributed by atoms with van der Waals surface area (Å²) >= 11 is 1.45. The number of nitrogens with zero attached hydrogens (tertiary/aromatic N) is 3. The molecule has 0 radical (unpaired) electrons. The number of hydrazone groups is 1. The van der Waals surface area contributed by atoms with E-state index in [-0.39, 0.29) is 5.56 Å². The van der Waals surface area contributed by atoms with Crippen LogP contribution in [0.4, 0.5) is 5.69 Å². The summed E-state index contributed by atoms with van der Waals surface area (Å²) in [4.78, 5) is 18.6. The highest BCUT2D eigenvalue weighted by atomic mass is 32.2. The first kappa shape index (κ1) is 17.1. The summed E-state index contributed by atoms with van der Waals surface area (Å²) < 4.78 is 1.53. The zero-order valence-corrected chi connectivity index (χ0v) is 15.1. The molecular formula is C21H16N4OS. The largest absolute Gasteiger partial charge is 0.279 e. The molecular weight excluding hydrogens is 356 g/mol. The summed E-state index contributed by atoms with van der Waals surface area (Å²) in [6.45, 7) is 0. The van der Waals surface area contributed by atoms with E-state index in [1.807, 2.05) is 78.9 Å². The Bertz CT molecular complexity index is 1140. The van der Waals surface area contributed by atoms with E-state index in [9.17, 15) is 4.79 Å². The Morgan fingerprint density at radius 3 is 2.41 bits per heavy atom. The first-order valence-electron chi connectivity index (χ1n) is 8.40. The van der Waals surface area contributed by atoms with Crippen LogP contribution in [-0.2, 0) is 0 Å². The Balaban J connectivity index is 1.75. The van der Waals surface area contributed by atoms with Gasteiger partial charge in [-0.05, 0) is 36.4 Å². The maximum absolute atomic E-state index is 13.0. The molecule has 4 rings (SSSR count). The number of benzene rings is 2. The summed E-state index contributed by atoms with van der Waals surface area (Å²) in [5.41, 5.74) is 4.68. The molecule has 0 spiro atoms. The zero-order chi connectivity index (χ0) is 18.5. The molecule has 5 nitrogen and oxygen atoms in total. The van der Waals surface area contributed by atoms with Crippen molar-refractivity contribution in [1.29, 1.82) is 0 Å². The van der Waals surface area contributed by atoms with Gasteiger partial charge < -0.3 is 0 Å². The van der Waals surface area contributed by atoms with E-state index < -0.39 is 0 Å². The molecule has 6 heteroatoms. The minimum Gasteiger partial charge on any atom is -0.279 e. The second-order valence-corrected chi connectivity index (χ2v) is 6.78. The van der Waals surface area contributed by atoms with Gasteiger partial charge in [-0.1, -0.05) is 54.2 Å². The summed E-state index contributed by atoms with van der Waals surface area (Å²) in [7, 11) is 0. The SMILES string of the molecule is O=c1c(/C=N/Nc2ccccc2)c(Sc2ccccc2)nc2ccccn12. The lowest BCUT2D eigenvalue weighted by Gasteiger charge is -2.08. The van der Waals surface area contributed by atoms with Crippen molar-refractivity contribution in [1.82, 2.24) is 9.38 Å². The summed E-state index contributed by atoms with van der Waals surface area (Å²) in [5, 5.41) is 4.86. The fourth-order valence-corrected chi connectivity index (χ4v) is 3.46. The number of aromatic nitrogens is 2. The highest BCUT2D eigenvalue weighted by Gasteiger charge is 2.12. The fourth-order valence-electron chi connectivity index (χ4n) is 2.55. The molecule has 1 N–H and O–H groups in total. The average Bonchev–Trinajstić information content (AvgIpc) is 2.72. The number of pyridine rings is 1. The minimum atomic E-state index is -0.155. The molecule has 0 aliphatic heterocycles. The van der Waals surface area contributed by atoms with Crippen molar-refractivity contribution >= 4 is 29.3 Å². The number of hydrogen-bond acceptors (Lipinski definition) is 5. The van der Waals surface area contributed by atoms with Crippen LogP contribution in [0.2, 0.25) is 0 Å². The predicted molar refractivity (Wildman–Crippen MR) is 110 cm³/mol. The van der Waals surface area contributed by atoms with Crippen molar-refractivity contribution in [3.05, 3.63) is 101 Å². The topological polar surface area (TPSA) is 58.8 Å². The van der Waals surface area contributed by atoms with Gasteiger partial charge in [0.05, 0.1) is 17.5 Å². The third kappa shape index (κ3) is 3.91. The Hall–Kier alpha value is -3.38. The standard InChI is InChI=1S/C21H16N4OS/c26-21-18(15-22-24-16-9-3-1-4-10-16)20(27-17-11-5-2-6-12-17)23-19-13-7-8-14-25(19)21/h1-15,24H/b22-15+. The van der Waals surface area contributed by atoms with Crippen molar-refractivity contribution in [3.8, 4) is 0 Å². The Labute approximate surface area is 160 Å². The monoisotopic (exact) mass is 372 g/mol. The lowest BCUT2D eigenvalue weighted by Crippen LogP contribution is -2.21. The maximum atomic E-state index is 13.0. The van der Waals surface area contributed by atoms with Gasteiger partial charge in [0.2, 0.25) is 0 Å². The molecule has 0 unspecified atom stereocenters. The summed E-state index contributed by atoms with van der Waals surface area (Å²) in [6.07, 6.45) is 3.25. The third-order valence-corrected chi connectivity index (χ3v) is 4.87. The van der Waals surface area contributed by atoms with Gasteiger partial charge in [-0.25, -0.2) is 4.98 Å². The van der Waals surface area contributed by atoms with E-state index in [4.69, 9.17) is 0 Å². The Morgan fingerprint density at radius 2 is 1.63 bits per heavy atom. The van der Waals surface area contributed by atoms with Gasteiger partial charge in [0.1, 0.15) is 10.7 Å². The van der Waals surface area contributed by atoms with Gasteiger partial charge in [-0.2, -0.15) is 5.10 Å². The molecule has 2 aromatic carbocycles. The molecule has 2 aromatic heterocycles. The number of rotatable bonds is 5. The number of hydrogen-bond donors (Lipinski definition) is 1. The first-order chi connectivity index (χ1) is 13.3. The fraction of sp³-hybridized carbons (Fsp3) is 0. The number of nitrogens with one attached hydrogen (secondary N) is 1. The molecule has 0 saturated heterocycles. The predicted octanol–water partition coefficient (Wildman–Crippen LogP) is 4.29. The molecule has 0 bridgehead atoms. The van der Waals surface area contributed by atoms with E-state index in [0.29, 0.717) is 16.2 Å². The van der Waals surface area contributed by atoms with Crippen LogP contribution in [0.3, 0.4) is 0 Å². The molecule has 0 fully saturated rings. The number of fused-ring (bicyclic) bond motifs is 1. The van der Waals surface area contributed by atoms with Crippen molar-refractivity contribution in [3.63, 3.8) is 0 Å². The van der Waals surface area contributed by atoms with Crippen LogP contribution in [0.1, 0.15) is 5.56 Å². The van der Waals surface area contributed by atoms with Crippen LogP contribution in [0.15, 0.2) is 105 Å². The van der Waals surface area contributed by atoms with Gasteiger partial charge in [0, 0.05) is 11.1 Å². The lowest BCUT2D eigenvalue weighted by atomic mass is 10.3. The van der Waals surface area contributed by atoms with Gasteiger partial charge in [-0.3, -0.25) is 14.6 Å². The quantitative estimate of drug-likeness (QED) is 0.322. The van der Waals surface area contributed by atoms with Crippen LogP contribution >= 0.6 is 11.8 Å². The average molecular weight is 372 g/mol. The van der Waals surface area contributed by atoms with Crippen molar-refractivity contribution in [2.24, 2.45) is 5.10 Å².